The Hall–Kier alpha value is -6.44. The van der Waals surface area contributed by atoms with Crippen LogP contribution in [0.3, 0.4) is 0 Å². The van der Waals surface area contributed by atoms with Gasteiger partial charge in [0.25, 0.3) is 0 Å². The summed E-state index contributed by atoms with van der Waals surface area (Å²) in [5.41, 5.74) is 18.3. The highest BCUT2D eigenvalue weighted by atomic mass is 15.1. The van der Waals surface area contributed by atoms with Crippen LogP contribution in [0.2, 0.25) is 0 Å². The predicted octanol–water partition coefficient (Wildman–Crippen LogP) is 14.1. The summed E-state index contributed by atoms with van der Waals surface area (Å²) in [7, 11) is 0. The number of nitrogens with zero attached hydrogens (tertiary/aromatic N) is 1. The highest BCUT2D eigenvalue weighted by Crippen LogP contribution is 2.51. The van der Waals surface area contributed by atoms with Crippen LogP contribution in [-0.2, 0) is 5.41 Å². The molecule has 1 aliphatic rings. The van der Waals surface area contributed by atoms with Crippen molar-refractivity contribution in [2.24, 2.45) is 0 Å². The zero-order valence-corrected chi connectivity index (χ0v) is 29.5. The summed E-state index contributed by atoms with van der Waals surface area (Å²) in [5, 5.41) is 0. The van der Waals surface area contributed by atoms with Crippen molar-refractivity contribution in [3.8, 4) is 55.6 Å². The minimum Gasteiger partial charge on any atom is -0.310 e. The SMILES string of the molecule is CC1(C)c2ccccc2-c2cc(N(c3ccccc3)c3cccc(-c4c(-c5ccccc5)cc(-c5ccccc5)cc4-c4ccccc4)c3)ccc21. The zero-order chi connectivity index (χ0) is 35.1. The lowest BCUT2D eigenvalue weighted by atomic mass is 9.82. The molecule has 0 N–H and O–H groups in total. The lowest BCUT2D eigenvalue weighted by Gasteiger charge is -2.28. The molecule has 0 saturated heterocycles. The van der Waals surface area contributed by atoms with Crippen LogP contribution in [0.15, 0.2) is 200 Å². The average Bonchev–Trinajstić information content (AvgIpc) is 3.44. The molecule has 8 aromatic rings. The van der Waals surface area contributed by atoms with Gasteiger partial charge in [-0.05, 0) is 115 Å². The molecular formula is C51H39N. The number of anilines is 3. The van der Waals surface area contributed by atoms with Gasteiger partial charge in [0.05, 0.1) is 0 Å². The van der Waals surface area contributed by atoms with Gasteiger partial charge in [-0.2, -0.15) is 0 Å². The first-order valence-corrected chi connectivity index (χ1v) is 18.1. The van der Waals surface area contributed by atoms with E-state index in [-0.39, 0.29) is 5.41 Å². The van der Waals surface area contributed by atoms with Gasteiger partial charge < -0.3 is 4.90 Å². The second kappa shape index (κ2) is 13.0. The highest BCUT2D eigenvalue weighted by molar-refractivity contribution is 5.99. The van der Waals surface area contributed by atoms with Gasteiger partial charge in [0.1, 0.15) is 0 Å². The number of rotatable bonds is 7. The molecule has 52 heavy (non-hydrogen) atoms. The monoisotopic (exact) mass is 665 g/mol. The zero-order valence-electron chi connectivity index (χ0n) is 29.5. The molecule has 0 bridgehead atoms. The molecule has 1 heteroatoms. The van der Waals surface area contributed by atoms with E-state index in [1.165, 1.54) is 66.8 Å². The number of hydrogen-bond acceptors (Lipinski definition) is 1. The van der Waals surface area contributed by atoms with Gasteiger partial charge in [-0.15, -0.1) is 0 Å². The molecule has 1 aliphatic carbocycles. The Morgan fingerprint density at radius 3 is 1.42 bits per heavy atom. The van der Waals surface area contributed by atoms with Crippen molar-refractivity contribution in [3.63, 3.8) is 0 Å². The molecule has 9 rings (SSSR count). The average molecular weight is 666 g/mol. The quantitative estimate of drug-likeness (QED) is 0.164. The summed E-state index contributed by atoms with van der Waals surface area (Å²) in [6.45, 7) is 4.68. The smallest absolute Gasteiger partial charge is 0.0468 e. The summed E-state index contributed by atoms with van der Waals surface area (Å²) in [5.74, 6) is 0. The van der Waals surface area contributed by atoms with E-state index in [9.17, 15) is 0 Å². The third kappa shape index (κ3) is 5.52. The molecule has 0 heterocycles. The molecule has 0 atom stereocenters. The molecule has 0 saturated carbocycles. The summed E-state index contributed by atoms with van der Waals surface area (Å²) in [6.07, 6.45) is 0. The van der Waals surface area contributed by atoms with E-state index in [2.05, 4.69) is 219 Å². The largest absolute Gasteiger partial charge is 0.310 e. The van der Waals surface area contributed by atoms with Crippen molar-refractivity contribution in [3.05, 3.63) is 211 Å². The number of fused-ring (bicyclic) bond motifs is 3. The maximum Gasteiger partial charge on any atom is 0.0468 e. The molecule has 0 radical (unpaired) electrons. The second-order valence-electron chi connectivity index (χ2n) is 14.2. The van der Waals surface area contributed by atoms with Crippen LogP contribution < -0.4 is 4.90 Å². The van der Waals surface area contributed by atoms with Gasteiger partial charge >= 0.3 is 0 Å². The number of benzene rings is 8. The Morgan fingerprint density at radius 2 is 0.788 bits per heavy atom. The van der Waals surface area contributed by atoms with Crippen molar-refractivity contribution >= 4 is 17.1 Å². The van der Waals surface area contributed by atoms with Crippen molar-refractivity contribution in [1.82, 2.24) is 0 Å². The van der Waals surface area contributed by atoms with E-state index in [1.54, 1.807) is 0 Å². The van der Waals surface area contributed by atoms with Crippen LogP contribution in [0.1, 0.15) is 25.0 Å². The Morgan fingerprint density at radius 1 is 0.308 bits per heavy atom. The van der Waals surface area contributed by atoms with Gasteiger partial charge in [-0.25, -0.2) is 0 Å². The predicted molar refractivity (Wildman–Crippen MR) is 220 cm³/mol. The summed E-state index contributed by atoms with van der Waals surface area (Å²) >= 11 is 0. The van der Waals surface area contributed by atoms with Gasteiger partial charge in [0.2, 0.25) is 0 Å². The Bertz CT molecular complexity index is 2460. The van der Waals surface area contributed by atoms with Gasteiger partial charge in [0.15, 0.2) is 0 Å². The molecule has 1 nitrogen and oxygen atoms in total. The van der Waals surface area contributed by atoms with Crippen LogP contribution in [0, 0.1) is 0 Å². The van der Waals surface area contributed by atoms with E-state index in [0.29, 0.717) is 0 Å². The lowest BCUT2D eigenvalue weighted by molar-refractivity contribution is 0.660. The first-order valence-electron chi connectivity index (χ1n) is 18.1. The van der Waals surface area contributed by atoms with E-state index in [4.69, 9.17) is 0 Å². The van der Waals surface area contributed by atoms with Crippen molar-refractivity contribution in [2.75, 3.05) is 4.90 Å². The van der Waals surface area contributed by atoms with Crippen molar-refractivity contribution in [1.29, 1.82) is 0 Å². The minimum absolute atomic E-state index is 0.0461. The van der Waals surface area contributed by atoms with Crippen molar-refractivity contribution in [2.45, 2.75) is 19.3 Å². The summed E-state index contributed by atoms with van der Waals surface area (Å²) in [6, 6.07) is 72.9. The highest BCUT2D eigenvalue weighted by Gasteiger charge is 2.35. The molecule has 0 amide bonds. The normalized spacial score (nSPS) is 12.6. The first-order chi connectivity index (χ1) is 25.6. The van der Waals surface area contributed by atoms with E-state index in [0.717, 1.165) is 17.1 Å². The maximum absolute atomic E-state index is 2.40. The molecule has 0 aromatic heterocycles. The van der Waals surface area contributed by atoms with Crippen molar-refractivity contribution < 1.29 is 0 Å². The summed E-state index contributed by atoms with van der Waals surface area (Å²) < 4.78 is 0. The molecule has 0 aliphatic heterocycles. The Kier molecular flexibility index (Phi) is 7.90. The third-order valence-corrected chi connectivity index (χ3v) is 10.6. The fourth-order valence-corrected chi connectivity index (χ4v) is 8.11. The molecule has 0 spiro atoms. The lowest BCUT2D eigenvalue weighted by Crippen LogP contribution is -2.15. The van der Waals surface area contributed by atoms with E-state index >= 15 is 0 Å². The van der Waals surface area contributed by atoms with Crippen LogP contribution in [0.5, 0.6) is 0 Å². The van der Waals surface area contributed by atoms with E-state index < -0.39 is 0 Å². The minimum atomic E-state index is -0.0461. The van der Waals surface area contributed by atoms with Gasteiger partial charge in [-0.1, -0.05) is 166 Å². The molecular weight excluding hydrogens is 627 g/mol. The summed E-state index contributed by atoms with van der Waals surface area (Å²) in [4.78, 5) is 2.40. The fourth-order valence-electron chi connectivity index (χ4n) is 8.11. The molecule has 8 aromatic carbocycles. The second-order valence-corrected chi connectivity index (χ2v) is 14.2. The Balaban J connectivity index is 1.27. The number of para-hydroxylation sites is 1. The molecule has 248 valence electrons. The fraction of sp³-hybridized carbons (Fsp3) is 0.0588. The molecule has 0 unspecified atom stereocenters. The molecule has 0 fully saturated rings. The maximum atomic E-state index is 2.40. The number of hydrogen-bond donors (Lipinski definition) is 0. The van der Waals surface area contributed by atoms with Crippen LogP contribution in [0.25, 0.3) is 55.6 Å². The standard InChI is InChI=1S/C51H39N/c1-51(2)48-29-16-15-28-44(48)47-35-43(30-31-49(47)51)52(41-25-13-6-14-26-41)42-27-17-24-39(32-42)50-45(37-20-9-4-10-21-37)33-40(36-18-7-3-8-19-36)34-46(50)38-22-11-5-12-23-38/h3-35H,1-2H3. The van der Waals surface area contributed by atoms with Crippen LogP contribution in [0.4, 0.5) is 17.1 Å². The van der Waals surface area contributed by atoms with Gasteiger partial charge in [0, 0.05) is 22.5 Å². The Labute approximate surface area is 307 Å². The van der Waals surface area contributed by atoms with Crippen LogP contribution in [-0.4, -0.2) is 0 Å². The van der Waals surface area contributed by atoms with E-state index in [1.807, 2.05) is 0 Å². The first kappa shape index (κ1) is 31.5. The topological polar surface area (TPSA) is 3.24 Å². The third-order valence-electron chi connectivity index (χ3n) is 10.6. The van der Waals surface area contributed by atoms with Gasteiger partial charge in [-0.3, -0.25) is 0 Å². The van der Waals surface area contributed by atoms with Crippen LogP contribution >= 0.6 is 0 Å².